The van der Waals surface area contributed by atoms with Gasteiger partial charge in [-0.05, 0) is 117 Å². The van der Waals surface area contributed by atoms with Crippen molar-refractivity contribution in [2.75, 3.05) is 136 Å². The first-order valence-corrected chi connectivity index (χ1v) is 45.7. The number of esters is 1. The number of hydrogen-bond donors (Lipinski definition) is 5. The van der Waals surface area contributed by atoms with Gasteiger partial charge in [0.05, 0.1) is 70.2 Å². The third-order valence-electron chi connectivity index (χ3n) is 20.9. The van der Waals surface area contributed by atoms with Gasteiger partial charge in [0.1, 0.15) is 59.1 Å². The van der Waals surface area contributed by atoms with Crippen molar-refractivity contribution < 1.29 is 125 Å². The third kappa shape index (κ3) is 43.0. The molecule has 12 atom stereocenters. The van der Waals surface area contributed by atoms with Crippen LogP contribution in [-0.2, 0) is 123 Å². The van der Waals surface area contributed by atoms with Crippen LogP contribution in [0.5, 0.6) is 0 Å². The second kappa shape index (κ2) is 58.0. The predicted molar refractivity (Wildman–Crippen MR) is 444 cm³/mol. The minimum Gasteiger partial charge on any atom is -0.479 e. The van der Waals surface area contributed by atoms with E-state index >= 15 is 0 Å². The van der Waals surface area contributed by atoms with Crippen LogP contribution >= 0.6 is 0 Å². The number of aliphatic carboxylic acids is 2. The fraction of sp³-hybridized carbons (Fsp3) is 0.776. The van der Waals surface area contributed by atoms with Crippen molar-refractivity contribution in [3.05, 3.63) is 94.1 Å². The van der Waals surface area contributed by atoms with Crippen LogP contribution in [0.4, 0.5) is 0 Å². The molecular weight excluding hydrogens is 1490 g/mol. The van der Waals surface area contributed by atoms with E-state index in [1.54, 1.807) is 21.1 Å². The Morgan fingerprint density at radius 3 is 1.16 bits per heavy atom. The fourth-order valence-corrected chi connectivity index (χ4v) is 14.2. The number of hydrogen-bond acceptors (Lipinski definition) is 24. The summed E-state index contributed by atoms with van der Waals surface area (Å²) in [5.41, 5.74) is 3.55. The van der Waals surface area contributed by atoms with Crippen molar-refractivity contribution in [1.29, 1.82) is 0 Å². The van der Waals surface area contributed by atoms with Gasteiger partial charge in [0.2, 0.25) is 0 Å². The molecule has 0 heterocycles. The molecule has 2 aromatic carbocycles. The number of ether oxygens (including phenoxy) is 16. The van der Waals surface area contributed by atoms with Gasteiger partial charge in [-0.2, -0.15) is 0 Å². The molecule has 658 valence electrons. The Hall–Kier alpha value is -4.04. The lowest BCUT2D eigenvalue weighted by atomic mass is 9.76. The van der Waals surface area contributed by atoms with E-state index in [2.05, 4.69) is 93.7 Å². The summed E-state index contributed by atoms with van der Waals surface area (Å²) in [6.45, 7) is 47.7. The molecule has 0 fully saturated rings. The molecule has 0 aliphatic heterocycles. The van der Waals surface area contributed by atoms with Crippen LogP contribution in [0.2, 0.25) is 36.3 Å². The molecule has 5 N–H and O–H groups in total. The highest BCUT2D eigenvalue weighted by molar-refractivity contribution is 6.74. The van der Waals surface area contributed by atoms with Crippen molar-refractivity contribution in [3.63, 3.8) is 0 Å². The minimum absolute atomic E-state index is 0.0753. The monoisotopic (exact) mass is 1650 g/mol. The minimum atomic E-state index is -2.37. The predicted octanol–water partition coefficient (Wildman–Crippen LogP) is 14.1. The average Bonchev–Trinajstić information content (AvgIpc) is 0.812. The molecule has 0 spiro atoms. The zero-order valence-electron chi connectivity index (χ0n) is 74.3. The highest BCUT2D eigenvalue weighted by Crippen LogP contribution is 2.43. The number of aliphatic hydroxyl groups excluding tert-OH is 3. The summed E-state index contributed by atoms with van der Waals surface area (Å²) in [6.07, 6.45) is -0.553. The van der Waals surface area contributed by atoms with E-state index in [9.17, 15) is 39.9 Å². The number of carboxylic acids is 2. The summed E-state index contributed by atoms with van der Waals surface area (Å²) in [5.74, 6) is -2.52. The lowest BCUT2D eigenvalue weighted by molar-refractivity contribution is -0.185. The molecule has 0 unspecified atom stereocenters. The maximum atomic E-state index is 13.1. The average molecular weight is 1650 g/mol. The van der Waals surface area contributed by atoms with Gasteiger partial charge in [-0.25, -0.2) is 9.59 Å². The van der Waals surface area contributed by atoms with E-state index in [1.165, 1.54) is 28.4 Å². The Morgan fingerprint density at radius 2 is 0.832 bits per heavy atom. The van der Waals surface area contributed by atoms with Crippen LogP contribution in [0.25, 0.3) is 0 Å². The van der Waals surface area contributed by atoms with E-state index in [1.807, 2.05) is 104 Å². The largest absolute Gasteiger partial charge is 0.479 e. The molecule has 0 aromatic heterocycles. The van der Waals surface area contributed by atoms with Crippen molar-refractivity contribution in [2.24, 2.45) is 11.8 Å². The molecule has 2 rings (SSSR count). The summed E-state index contributed by atoms with van der Waals surface area (Å²) in [5, 5.41) is 54.7. The van der Waals surface area contributed by atoms with Gasteiger partial charge in [0, 0.05) is 117 Å². The first-order valence-electron chi connectivity index (χ1n) is 39.9. The van der Waals surface area contributed by atoms with E-state index in [-0.39, 0.29) is 87.9 Å². The molecule has 113 heavy (non-hydrogen) atoms. The molecule has 0 aliphatic carbocycles. The van der Waals surface area contributed by atoms with Gasteiger partial charge in [-0.3, -0.25) is 4.79 Å². The zero-order valence-corrected chi connectivity index (χ0v) is 76.3. The topological polar surface area (TPSA) is 319 Å². The number of carbonyl (C=O) groups is 3. The first-order chi connectivity index (χ1) is 53.0. The van der Waals surface area contributed by atoms with Gasteiger partial charge in [0.25, 0.3) is 0 Å². The molecule has 2 aromatic rings. The summed E-state index contributed by atoms with van der Waals surface area (Å²) >= 11 is 0. The highest BCUT2D eigenvalue weighted by Gasteiger charge is 2.45. The molecule has 0 amide bonds. The number of rotatable bonds is 60. The fourth-order valence-electron chi connectivity index (χ4n) is 11.4. The summed E-state index contributed by atoms with van der Waals surface area (Å²) in [6, 6.07) is 15.4. The van der Waals surface area contributed by atoms with E-state index in [0.717, 1.165) is 59.5 Å². The SMILES string of the molecule is CCC(=O)O[C@@H](C[C@@H](C[C@H](O)/C(C)=C\[C@@H](CC)COCOCCOC)O[Si](C)(C)C(C)(C)C)C(C)(C)c1cccc(C[C@@H](OCOC)[C@H](OCOC)C(=O)O)c1.CCOCC.CC[C@H](/C=C(/C)[C@@H](O)C[C@H](C[C@H](O)C(C)(C)c1cccc(C[C@@H](OCOC)[C@H](OCOC)C(=O)O)c1)O[Si](C)(C)C(C)(C)C)COCOCCOC. The molecule has 0 aliphatic rings. The van der Waals surface area contributed by atoms with E-state index in [0.29, 0.717) is 65.3 Å². The third-order valence-corrected chi connectivity index (χ3v) is 30.0. The smallest absolute Gasteiger partial charge is 0.335 e. The Balaban J connectivity index is 0.00000210. The Morgan fingerprint density at radius 1 is 0.460 bits per heavy atom. The summed E-state index contributed by atoms with van der Waals surface area (Å²) in [4.78, 5) is 37.3. The van der Waals surface area contributed by atoms with E-state index in [4.69, 9.17) is 84.6 Å². The summed E-state index contributed by atoms with van der Waals surface area (Å²) in [7, 11) is 4.35. The van der Waals surface area contributed by atoms with Crippen molar-refractivity contribution >= 4 is 34.5 Å². The van der Waals surface area contributed by atoms with Gasteiger partial charge in [0.15, 0.2) is 28.8 Å². The lowest BCUT2D eigenvalue weighted by Crippen LogP contribution is -2.47. The van der Waals surface area contributed by atoms with Crippen molar-refractivity contribution in [1.82, 2.24) is 0 Å². The molecule has 0 bridgehead atoms. The maximum Gasteiger partial charge on any atom is 0.335 e. The van der Waals surface area contributed by atoms with Gasteiger partial charge < -0.3 is 110 Å². The molecular formula is C85H154O26Si2. The zero-order chi connectivity index (χ0) is 86.2. The van der Waals surface area contributed by atoms with Crippen molar-refractivity contribution in [3.8, 4) is 0 Å². The van der Waals surface area contributed by atoms with E-state index < -0.39 is 100 Å². The first kappa shape index (κ1) is 109. The molecule has 26 nitrogen and oxygen atoms in total. The van der Waals surface area contributed by atoms with Gasteiger partial charge in [-0.15, -0.1) is 0 Å². The van der Waals surface area contributed by atoms with Crippen LogP contribution < -0.4 is 0 Å². The Bertz CT molecular complexity index is 2890. The molecule has 0 saturated carbocycles. The second-order valence-electron chi connectivity index (χ2n) is 32.7. The van der Waals surface area contributed by atoms with Crippen LogP contribution in [0.1, 0.15) is 185 Å². The number of carbonyl (C=O) groups excluding carboxylic acids is 1. The summed E-state index contributed by atoms with van der Waals surface area (Å²) < 4.78 is 99.9. The number of aliphatic hydroxyl groups is 3. The Labute approximate surface area is 681 Å². The highest BCUT2D eigenvalue weighted by atomic mass is 28.4. The lowest BCUT2D eigenvalue weighted by Gasteiger charge is -2.42. The van der Waals surface area contributed by atoms with Gasteiger partial charge in [-0.1, -0.05) is 151 Å². The normalized spacial score (nSPS) is 16.1. The standard InChI is InChI=1S/C42H74O13Si.C39H70O12Si.C4H10O/c1-14-31(26-51-29-50-20-19-47-9)21-30(3)35(43)24-34(55-56(12,13)41(4,5)6)25-37(54-38(44)15-2)42(7,8)33-18-16-17-32(22-33)23-36(52-27-48-10)39(40(45)46)53-28-49-11;1-13-29(24-48-27-47-18-17-44-8)19-28(2)33(40)22-32(51-52(11,12)38(3,4)5)23-35(41)39(6,7)31-16-14-15-30(20-31)21-34(49-25-45-9)36(37(42)43)50-26-46-10;1-3-5-4-2/h16-18,21-22,31,34-37,39,43H,14-15,19-20,23-29H2,1-13H3,(H,45,46);14-16,19-20,29,32-36,40-41H,13,17-18,21-27H2,1-12H3,(H,42,43);3-4H2,1-2H3/b30-21-;28-19-;/t31-,34-,35+,36-,37+,39+;29-,32-,33+,34-,35+,36+;/m11./s1. The molecule has 0 saturated heterocycles. The molecule has 0 radical (unpaired) electrons. The van der Waals surface area contributed by atoms with Crippen LogP contribution in [0, 0.1) is 11.8 Å². The molecule has 28 heteroatoms. The van der Waals surface area contributed by atoms with Crippen molar-refractivity contribution in [2.45, 2.75) is 284 Å². The van der Waals surface area contributed by atoms with Crippen LogP contribution in [-0.4, -0.2) is 257 Å². The van der Waals surface area contributed by atoms with Crippen LogP contribution in [0.15, 0.2) is 71.8 Å². The second-order valence-corrected chi connectivity index (χ2v) is 42.2. The quantitative estimate of drug-likeness (QED) is 0.0135. The maximum absolute atomic E-state index is 13.1. The number of methoxy groups -OCH3 is 6. The number of carboxylic acid groups (broad SMARTS) is 2. The Kier molecular flexibility index (Phi) is 55.9. The van der Waals surface area contributed by atoms with Gasteiger partial charge >= 0.3 is 17.9 Å². The van der Waals surface area contributed by atoms with Crippen LogP contribution in [0.3, 0.4) is 0 Å². The number of benzene rings is 2.